The molecule has 0 spiro atoms. The monoisotopic (exact) mass is 271 g/mol. The van der Waals surface area contributed by atoms with E-state index >= 15 is 0 Å². The SMILES string of the molecule is O=C(NCCCn1ccc2ccccc21)NCC1CC1. The number of amides is 2. The highest BCUT2D eigenvalue weighted by atomic mass is 16.2. The van der Waals surface area contributed by atoms with E-state index in [2.05, 4.69) is 51.7 Å². The fraction of sp³-hybridized carbons (Fsp3) is 0.438. The third-order valence-corrected chi connectivity index (χ3v) is 3.79. The summed E-state index contributed by atoms with van der Waals surface area (Å²) in [5.41, 5.74) is 1.26. The minimum Gasteiger partial charge on any atom is -0.347 e. The Kier molecular flexibility index (Phi) is 3.90. The maximum absolute atomic E-state index is 11.5. The molecule has 1 heterocycles. The molecule has 1 aromatic carbocycles. The number of hydrogen-bond acceptors (Lipinski definition) is 1. The predicted octanol–water partition coefficient (Wildman–Crippen LogP) is 2.74. The third-order valence-electron chi connectivity index (χ3n) is 3.79. The van der Waals surface area contributed by atoms with Crippen LogP contribution in [0.1, 0.15) is 19.3 Å². The van der Waals surface area contributed by atoms with Crippen LogP contribution in [0.15, 0.2) is 36.5 Å². The number of para-hydroxylation sites is 1. The Hall–Kier alpha value is -1.97. The Morgan fingerprint density at radius 2 is 2.05 bits per heavy atom. The van der Waals surface area contributed by atoms with Crippen LogP contribution in [0.4, 0.5) is 4.79 Å². The fourth-order valence-corrected chi connectivity index (χ4v) is 2.41. The summed E-state index contributed by atoms with van der Waals surface area (Å²) in [5, 5.41) is 7.09. The van der Waals surface area contributed by atoms with Crippen molar-refractivity contribution in [3.8, 4) is 0 Å². The molecule has 0 radical (unpaired) electrons. The summed E-state index contributed by atoms with van der Waals surface area (Å²) in [5.74, 6) is 0.729. The van der Waals surface area contributed by atoms with Gasteiger partial charge in [-0.25, -0.2) is 4.79 Å². The summed E-state index contributed by atoms with van der Waals surface area (Å²) in [4.78, 5) is 11.5. The zero-order chi connectivity index (χ0) is 13.8. The minimum atomic E-state index is -0.0331. The Morgan fingerprint density at radius 1 is 1.20 bits per heavy atom. The molecule has 0 atom stereocenters. The summed E-state index contributed by atoms with van der Waals surface area (Å²) in [6.45, 7) is 2.47. The number of fused-ring (bicyclic) bond motifs is 1. The first-order valence-electron chi connectivity index (χ1n) is 7.38. The number of carbonyl (C=O) groups is 1. The third kappa shape index (κ3) is 3.32. The highest BCUT2D eigenvalue weighted by molar-refractivity contribution is 5.79. The van der Waals surface area contributed by atoms with Gasteiger partial charge in [0.2, 0.25) is 0 Å². The summed E-state index contributed by atoms with van der Waals surface area (Å²) >= 11 is 0. The predicted molar refractivity (Wildman–Crippen MR) is 80.7 cm³/mol. The van der Waals surface area contributed by atoms with E-state index in [4.69, 9.17) is 0 Å². The molecule has 106 valence electrons. The minimum absolute atomic E-state index is 0.0331. The summed E-state index contributed by atoms with van der Waals surface area (Å²) in [6, 6.07) is 10.5. The largest absolute Gasteiger partial charge is 0.347 e. The number of hydrogen-bond donors (Lipinski definition) is 2. The van der Waals surface area contributed by atoms with Gasteiger partial charge >= 0.3 is 6.03 Å². The molecule has 20 heavy (non-hydrogen) atoms. The van der Waals surface area contributed by atoms with Crippen molar-refractivity contribution < 1.29 is 4.79 Å². The van der Waals surface area contributed by atoms with Crippen LogP contribution >= 0.6 is 0 Å². The second kappa shape index (κ2) is 5.99. The van der Waals surface area contributed by atoms with Crippen LogP contribution in [-0.4, -0.2) is 23.7 Å². The molecule has 0 saturated heterocycles. The quantitative estimate of drug-likeness (QED) is 0.780. The smallest absolute Gasteiger partial charge is 0.314 e. The van der Waals surface area contributed by atoms with E-state index < -0.39 is 0 Å². The molecule has 0 bridgehead atoms. The van der Waals surface area contributed by atoms with Crippen molar-refractivity contribution in [1.29, 1.82) is 0 Å². The molecule has 1 aliphatic rings. The fourth-order valence-electron chi connectivity index (χ4n) is 2.41. The molecule has 3 rings (SSSR count). The number of urea groups is 1. The van der Waals surface area contributed by atoms with E-state index in [0.29, 0.717) is 6.54 Å². The van der Waals surface area contributed by atoms with Gasteiger partial charge in [-0.3, -0.25) is 0 Å². The van der Waals surface area contributed by atoms with Crippen molar-refractivity contribution in [2.75, 3.05) is 13.1 Å². The lowest BCUT2D eigenvalue weighted by Gasteiger charge is -2.08. The first-order valence-corrected chi connectivity index (χ1v) is 7.38. The van der Waals surface area contributed by atoms with Crippen molar-refractivity contribution in [1.82, 2.24) is 15.2 Å². The number of benzene rings is 1. The molecule has 1 aromatic heterocycles. The molecule has 4 nitrogen and oxygen atoms in total. The topological polar surface area (TPSA) is 46.1 Å². The summed E-state index contributed by atoms with van der Waals surface area (Å²) < 4.78 is 2.24. The van der Waals surface area contributed by atoms with Gasteiger partial charge in [-0.05, 0) is 42.7 Å². The Labute approximate surface area is 119 Å². The first kappa shape index (κ1) is 13.0. The number of aryl methyl sites for hydroxylation is 1. The van der Waals surface area contributed by atoms with Crippen molar-refractivity contribution >= 4 is 16.9 Å². The number of rotatable bonds is 6. The maximum atomic E-state index is 11.5. The Bertz CT molecular complexity index is 586. The zero-order valence-electron chi connectivity index (χ0n) is 11.6. The molecule has 1 saturated carbocycles. The van der Waals surface area contributed by atoms with Crippen LogP contribution in [0.3, 0.4) is 0 Å². The van der Waals surface area contributed by atoms with Crippen LogP contribution in [0, 0.1) is 5.92 Å². The van der Waals surface area contributed by atoms with Gasteiger partial charge in [0.25, 0.3) is 0 Å². The van der Waals surface area contributed by atoms with E-state index in [1.807, 2.05) is 0 Å². The van der Waals surface area contributed by atoms with Crippen LogP contribution < -0.4 is 10.6 Å². The standard InChI is InChI=1S/C16H21N3O/c20-16(18-12-13-6-7-13)17-9-3-10-19-11-8-14-4-1-2-5-15(14)19/h1-2,4-5,8,11,13H,3,6-7,9-10,12H2,(H2,17,18,20). The van der Waals surface area contributed by atoms with Gasteiger partial charge in [-0.2, -0.15) is 0 Å². The van der Waals surface area contributed by atoms with Crippen molar-refractivity contribution in [3.05, 3.63) is 36.5 Å². The van der Waals surface area contributed by atoms with Crippen molar-refractivity contribution in [2.24, 2.45) is 5.92 Å². The maximum Gasteiger partial charge on any atom is 0.314 e. The Morgan fingerprint density at radius 3 is 2.90 bits per heavy atom. The number of carbonyl (C=O) groups excluding carboxylic acids is 1. The lowest BCUT2D eigenvalue weighted by molar-refractivity contribution is 0.240. The van der Waals surface area contributed by atoms with Gasteiger partial charge in [0, 0.05) is 31.3 Å². The van der Waals surface area contributed by atoms with Crippen LogP contribution in [0.5, 0.6) is 0 Å². The molecule has 0 unspecified atom stereocenters. The van der Waals surface area contributed by atoms with E-state index in [0.717, 1.165) is 25.4 Å². The van der Waals surface area contributed by atoms with Crippen LogP contribution in [-0.2, 0) is 6.54 Å². The summed E-state index contributed by atoms with van der Waals surface area (Å²) in [7, 11) is 0. The molecule has 2 amide bonds. The van der Waals surface area contributed by atoms with Crippen LogP contribution in [0.2, 0.25) is 0 Å². The van der Waals surface area contributed by atoms with E-state index in [1.165, 1.54) is 23.7 Å². The van der Waals surface area contributed by atoms with Gasteiger partial charge in [0.15, 0.2) is 0 Å². The van der Waals surface area contributed by atoms with Gasteiger partial charge in [0.1, 0.15) is 0 Å². The second-order valence-corrected chi connectivity index (χ2v) is 5.50. The van der Waals surface area contributed by atoms with Crippen LogP contribution in [0.25, 0.3) is 10.9 Å². The first-order chi connectivity index (χ1) is 9.83. The highest BCUT2D eigenvalue weighted by Gasteiger charge is 2.21. The number of nitrogens with one attached hydrogen (secondary N) is 2. The number of aromatic nitrogens is 1. The van der Waals surface area contributed by atoms with E-state index in [-0.39, 0.29) is 6.03 Å². The van der Waals surface area contributed by atoms with Gasteiger partial charge in [-0.1, -0.05) is 18.2 Å². The lowest BCUT2D eigenvalue weighted by Crippen LogP contribution is -2.37. The number of nitrogens with zero attached hydrogens (tertiary/aromatic N) is 1. The molecule has 4 heteroatoms. The normalized spacial score (nSPS) is 14.4. The molecule has 1 fully saturated rings. The highest BCUT2D eigenvalue weighted by Crippen LogP contribution is 2.27. The van der Waals surface area contributed by atoms with E-state index in [1.54, 1.807) is 0 Å². The molecule has 1 aliphatic carbocycles. The van der Waals surface area contributed by atoms with Gasteiger partial charge in [-0.15, -0.1) is 0 Å². The zero-order valence-corrected chi connectivity index (χ0v) is 11.6. The van der Waals surface area contributed by atoms with E-state index in [9.17, 15) is 4.79 Å². The lowest BCUT2D eigenvalue weighted by atomic mass is 10.2. The van der Waals surface area contributed by atoms with Gasteiger partial charge in [0.05, 0.1) is 0 Å². The molecular formula is C16H21N3O. The molecule has 2 N–H and O–H groups in total. The molecule has 0 aliphatic heterocycles. The van der Waals surface area contributed by atoms with Crippen molar-refractivity contribution in [3.63, 3.8) is 0 Å². The summed E-state index contributed by atoms with van der Waals surface area (Å²) in [6.07, 6.45) is 5.58. The molecule has 2 aromatic rings. The molecular weight excluding hydrogens is 250 g/mol. The van der Waals surface area contributed by atoms with Gasteiger partial charge < -0.3 is 15.2 Å². The second-order valence-electron chi connectivity index (χ2n) is 5.50. The van der Waals surface area contributed by atoms with Crippen molar-refractivity contribution in [2.45, 2.75) is 25.8 Å². The average Bonchev–Trinajstić information content (AvgIpc) is 3.21. The average molecular weight is 271 g/mol. The Balaban J connectivity index is 1.39.